The zero-order valence-corrected chi connectivity index (χ0v) is 18.2. The van der Waals surface area contributed by atoms with E-state index in [-0.39, 0.29) is 5.91 Å². The highest BCUT2D eigenvalue weighted by atomic mass is 79.9. The van der Waals surface area contributed by atoms with Crippen molar-refractivity contribution in [3.8, 4) is 11.5 Å². The summed E-state index contributed by atoms with van der Waals surface area (Å²) in [5.74, 6) is 0.915. The molecule has 0 radical (unpaired) electrons. The zero-order chi connectivity index (χ0) is 20.8. The van der Waals surface area contributed by atoms with Crippen LogP contribution in [-0.4, -0.2) is 23.1 Å². The van der Waals surface area contributed by atoms with E-state index in [4.69, 9.17) is 17.0 Å². The average molecular weight is 471 g/mol. The van der Waals surface area contributed by atoms with Crippen molar-refractivity contribution in [2.45, 2.75) is 6.92 Å². The molecule has 0 aliphatic heterocycles. The number of thiocarbonyl (C=S) groups is 1. The Morgan fingerprint density at radius 1 is 1.03 bits per heavy atom. The maximum Gasteiger partial charge on any atom is 0.269 e. The van der Waals surface area contributed by atoms with Gasteiger partial charge in [-0.3, -0.25) is 9.78 Å². The van der Waals surface area contributed by atoms with Gasteiger partial charge in [0.1, 0.15) is 17.2 Å². The second-order valence-electron chi connectivity index (χ2n) is 6.12. The van der Waals surface area contributed by atoms with Gasteiger partial charge in [-0.05, 0) is 73.2 Å². The van der Waals surface area contributed by atoms with Crippen LogP contribution in [0, 0.1) is 6.92 Å². The Hall–Kier alpha value is -2.97. The number of aromatic nitrogens is 1. The highest BCUT2D eigenvalue weighted by Crippen LogP contribution is 2.26. The van der Waals surface area contributed by atoms with Gasteiger partial charge < -0.3 is 20.7 Å². The number of nitrogens with one attached hydrogen (secondary N) is 3. The van der Waals surface area contributed by atoms with Gasteiger partial charge in [-0.2, -0.15) is 0 Å². The van der Waals surface area contributed by atoms with E-state index in [0.29, 0.717) is 22.3 Å². The van der Waals surface area contributed by atoms with Crippen molar-refractivity contribution in [2.75, 3.05) is 17.7 Å². The highest BCUT2D eigenvalue weighted by Gasteiger charge is 2.08. The molecule has 2 aromatic carbocycles. The molecule has 0 aliphatic rings. The molecule has 0 saturated carbocycles. The molecule has 6 nitrogen and oxygen atoms in total. The topological polar surface area (TPSA) is 75.3 Å². The first-order chi connectivity index (χ1) is 13.9. The fraction of sp³-hybridized carbons (Fsp3) is 0.0952. The third kappa shape index (κ3) is 5.75. The van der Waals surface area contributed by atoms with Gasteiger partial charge in [0.05, 0.1) is 0 Å². The molecular weight excluding hydrogens is 452 g/mol. The summed E-state index contributed by atoms with van der Waals surface area (Å²) < 4.78 is 6.87. The minimum Gasteiger partial charge on any atom is -0.457 e. The van der Waals surface area contributed by atoms with E-state index >= 15 is 0 Å². The number of nitrogens with zero attached hydrogens (tertiary/aromatic N) is 1. The van der Waals surface area contributed by atoms with E-state index in [1.54, 1.807) is 19.2 Å². The lowest BCUT2D eigenvalue weighted by molar-refractivity contribution is 0.0958. The van der Waals surface area contributed by atoms with Crippen LogP contribution in [0.4, 0.5) is 11.4 Å². The van der Waals surface area contributed by atoms with Crippen LogP contribution < -0.4 is 20.7 Å². The van der Waals surface area contributed by atoms with Gasteiger partial charge in [0.15, 0.2) is 5.11 Å². The maximum atomic E-state index is 11.7. The van der Waals surface area contributed by atoms with Crippen LogP contribution in [0.5, 0.6) is 11.5 Å². The molecule has 8 heteroatoms. The number of ether oxygens (including phenoxy) is 1. The van der Waals surface area contributed by atoms with Gasteiger partial charge in [-0.25, -0.2) is 0 Å². The Balaban J connectivity index is 1.66. The normalized spacial score (nSPS) is 10.2. The number of carbonyl (C=O) groups is 1. The van der Waals surface area contributed by atoms with Crippen LogP contribution in [0.25, 0.3) is 0 Å². The number of aryl methyl sites for hydroxylation is 1. The molecule has 3 N–H and O–H groups in total. The highest BCUT2D eigenvalue weighted by molar-refractivity contribution is 9.10. The minimum absolute atomic E-state index is 0.266. The van der Waals surface area contributed by atoms with Gasteiger partial charge in [-0.1, -0.05) is 15.9 Å². The van der Waals surface area contributed by atoms with Crippen molar-refractivity contribution in [1.82, 2.24) is 10.3 Å². The molecular formula is C21H19BrN4O2S. The molecule has 3 aromatic rings. The molecule has 0 fully saturated rings. The molecule has 29 heavy (non-hydrogen) atoms. The smallest absolute Gasteiger partial charge is 0.269 e. The van der Waals surface area contributed by atoms with Gasteiger partial charge >= 0.3 is 0 Å². The SMILES string of the molecule is CNC(=O)c1cc(Oc2ccc(NC(=S)Nc3ccc(Br)cc3)c(C)c2)ccn1. The largest absolute Gasteiger partial charge is 0.457 e. The molecule has 0 saturated heterocycles. The molecule has 0 unspecified atom stereocenters. The Bertz CT molecular complexity index is 1040. The molecule has 1 heterocycles. The summed E-state index contributed by atoms with van der Waals surface area (Å²) >= 11 is 8.80. The fourth-order valence-electron chi connectivity index (χ4n) is 2.52. The summed E-state index contributed by atoms with van der Waals surface area (Å²) in [6, 6.07) is 16.7. The molecule has 0 atom stereocenters. The summed E-state index contributed by atoms with van der Waals surface area (Å²) in [5, 5.41) is 9.37. The first kappa shape index (κ1) is 20.8. The lowest BCUT2D eigenvalue weighted by Crippen LogP contribution is -2.19. The minimum atomic E-state index is -0.266. The van der Waals surface area contributed by atoms with Crippen molar-refractivity contribution in [3.05, 3.63) is 76.5 Å². The number of pyridine rings is 1. The number of rotatable bonds is 5. The van der Waals surface area contributed by atoms with E-state index in [2.05, 4.69) is 36.9 Å². The van der Waals surface area contributed by atoms with Crippen LogP contribution >= 0.6 is 28.1 Å². The number of carbonyl (C=O) groups excluding carboxylic acids is 1. The van der Waals surface area contributed by atoms with Gasteiger partial charge in [0.25, 0.3) is 5.91 Å². The molecule has 0 bridgehead atoms. The lowest BCUT2D eigenvalue weighted by Gasteiger charge is -2.14. The van der Waals surface area contributed by atoms with Gasteiger partial charge in [0, 0.05) is 35.2 Å². The second-order valence-corrected chi connectivity index (χ2v) is 7.44. The van der Waals surface area contributed by atoms with E-state index in [9.17, 15) is 4.79 Å². The van der Waals surface area contributed by atoms with Crippen molar-refractivity contribution < 1.29 is 9.53 Å². The van der Waals surface area contributed by atoms with Crippen molar-refractivity contribution in [3.63, 3.8) is 0 Å². The summed E-state index contributed by atoms with van der Waals surface area (Å²) in [4.78, 5) is 15.7. The second kappa shape index (κ2) is 9.49. The van der Waals surface area contributed by atoms with Crippen LogP contribution in [0.1, 0.15) is 16.1 Å². The summed E-state index contributed by atoms with van der Waals surface area (Å²) in [6.45, 7) is 1.96. The predicted molar refractivity (Wildman–Crippen MR) is 123 cm³/mol. The summed E-state index contributed by atoms with van der Waals surface area (Å²) in [6.07, 6.45) is 1.54. The molecule has 148 valence electrons. The van der Waals surface area contributed by atoms with Gasteiger partial charge in [-0.15, -0.1) is 0 Å². The van der Waals surface area contributed by atoms with Crippen molar-refractivity contribution >= 4 is 50.5 Å². The number of amides is 1. The van der Waals surface area contributed by atoms with Crippen molar-refractivity contribution in [1.29, 1.82) is 0 Å². The fourth-order valence-corrected chi connectivity index (χ4v) is 3.01. The molecule has 3 rings (SSSR count). The lowest BCUT2D eigenvalue weighted by atomic mass is 10.2. The Kier molecular flexibility index (Phi) is 6.79. The summed E-state index contributed by atoms with van der Waals surface area (Å²) in [5.41, 5.74) is 3.02. The van der Waals surface area contributed by atoms with E-state index in [1.165, 1.54) is 6.20 Å². The van der Waals surface area contributed by atoms with Crippen LogP contribution in [0.15, 0.2) is 65.3 Å². The van der Waals surface area contributed by atoms with E-state index < -0.39 is 0 Å². The molecule has 0 aliphatic carbocycles. The van der Waals surface area contributed by atoms with Crippen LogP contribution in [0.2, 0.25) is 0 Å². The quantitative estimate of drug-likeness (QED) is 0.449. The number of hydrogen-bond donors (Lipinski definition) is 3. The third-order valence-corrected chi connectivity index (χ3v) is 4.71. The van der Waals surface area contributed by atoms with E-state index in [1.807, 2.05) is 49.4 Å². The molecule has 0 spiro atoms. The first-order valence-electron chi connectivity index (χ1n) is 8.75. The number of benzene rings is 2. The van der Waals surface area contributed by atoms with E-state index in [0.717, 1.165) is 21.4 Å². The average Bonchev–Trinajstić information content (AvgIpc) is 2.71. The maximum absolute atomic E-state index is 11.7. The summed E-state index contributed by atoms with van der Waals surface area (Å²) in [7, 11) is 1.56. The third-order valence-electron chi connectivity index (χ3n) is 3.97. The monoisotopic (exact) mass is 470 g/mol. The Morgan fingerprint density at radius 2 is 1.76 bits per heavy atom. The first-order valence-corrected chi connectivity index (χ1v) is 9.95. The Morgan fingerprint density at radius 3 is 2.45 bits per heavy atom. The molecule has 1 amide bonds. The standard InChI is InChI=1S/C21H19BrN4O2S/c1-13-11-16(28-17-9-10-24-19(12-17)20(27)23-2)7-8-18(13)26-21(29)25-15-5-3-14(22)4-6-15/h3-12H,1-2H3,(H,23,27)(H2,25,26,29). The van der Waals surface area contributed by atoms with Gasteiger partial charge in [0.2, 0.25) is 0 Å². The number of halogens is 1. The van der Waals surface area contributed by atoms with Crippen LogP contribution in [-0.2, 0) is 0 Å². The van der Waals surface area contributed by atoms with Crippen molar-refractivity contribution in [2.24, 2.45) is 0 Å². The molecule has 1 aromatic heterocycles. The predicted octanol–water partition coefficient (Wildman–Crippen LogP) is 5.11. The van der Waals surface area contributed by atoms with Crippen LogP contribution in [0.3, 0.4) is 0 Å². The number of anilines is 2. The zero-order valence-electron chi connectivity index (χ0n) is 15.8. The number of hydrogen-bond acceptors (Lipinski definition) is 4. The Labute approximate surface area is 182 Å².